The Balaban J connectivity index is 2.55. The lowest BCUT2D eigenvalue weighted by atomic mass is 10.2. The molecule has 0 aromatic rings. The van der Waals surface area contributed by atoms with Crippen LogP contribution in [0.4, 0.5) is 0 Å². The minimum absolute atomic E-state index is 0.0534. The number of hydrogen-bond acceptors (Lipinski definition) is 5. The molecule has 1 aliphatic rings. The fourth-order valence-corrected chi connectivity index (χ4v) is 4.35. The molecule has 1 unspecified atom stereocenters. The highest BCUT2D eigenvalue weighted by atomic mass is 32.2. The maximum Gasteiger partial charge on any atom is 0.215 e. The smallest absolute Gasteiger partial charge is 0.215 e. The fraction of sp³-hybridized carbons (Fsp3) is 1.00. The topological polar surface area (TPSA) is 110 Å². The van der Waals surface area contributed by atoms with Crippen LogP contribution in [0.2, 0.25) is 0 Å². The Hall–Kier alpha value is -0.220. The minimum atomic E-state index is -3.43. The van der Waals surface area contributed by atoms with Gasteiger partial charge >= 0.3 is 0 Å². The third-order valence-corrected chi connectivity index (χ3v) is 6.33. The molecule has 0 amide bonds. The first-order valence-corrected chi connectivity index (χ1v) is 9.25. The van der Waals surface area contributed by atoms with E-state index in [1.54, 1.807) is 0 Å². The number of sulfonamides is 2. The van der Waals surface area contributed by atoms with E-state index in [0.717, 1.165) is 12.8 Å². The van der Waals surface area contributed by atoms with Crippen molar-refractivity contribution in [2.24, 2.45) is 5.73 Å². The Morgan fingerprint density at radius 2 is 2.00 bits per heavy atom. The SMILES string of the molecule is CCS(=O)(=O)NCCS(=O)(=O)N1CCCC1CN. The third kappa shape index (κ3) is 4.16. The Labute approximate surface area is 109 Å². The molecule has 7 nitrogen and oxygen atoms in total. The van der Waals surface area contributed by atoms with Gasteiger partial charge in [0.2, 0.25) is 20.0 Å². The van der Waals surface area contributed by atoms with Crippen molar-refractivity contribution >= 4 is 20.0 Å². The molecule has 0 aliphatic carbocycles. The second kappa shape index (κ2) is 6.29. The Morgan fingerprint density at radius 1 is 1.33 bits per heavy atom. The highest BCUT2D eigenvalue weighted by Gasteiger charge is 2.32. The Bertz CT molecular complexity index is 460. The van der Waals surface area contributed by atoms with Crippen LogP contribution in [0.3, 0.4) is 0 Å². The van der Waals surface area contributed by atoms with Crippen LogP contribution in [-0.2, 0) is 20.0 Å². The molecule has 1 aliphatic heterocycles. The zero-order valence-corrected chi connectivity index (χ0v) is 12.1. The minimum Gasteiger partial charge on any atom is -0.329 e. The molecule has 1 rings (SSSR count). The van der Waals surface area contributed by atoms with Crippen molar-refractivity contribution in [2.45, 2.75) is 25.8 Å². The summed E-state index contributed by atoms with van der Waals surface area (Å²) < 4.78 is 50.1. The number of nitrogens with zero attached hydrogens (tertiary/aromatic N) is 1. The van der Waals surface area contributed by atoms with Gasteiger partial charge in [-0.3, -0.25) is 0 Å². The monoisotopic (exact) mass is 299 g/mol. The van der Waals surface area contributed by atoms with Gasteiger partial charge < -0.3 is 5.73 Å². The first kappa shape index (κ1) is 15.8. The standard InChI is InChI=1S/C9H21N3O4S2/c1-2-17(13,14)11-5-7-18(15,16)12-6-3-4-9(12)8-10/h9,11H,2-8,10H2,1H3. The molecule has 0 aromatic carbocycles. The van der Waals surface area contributed by atoms with Gasteiger partial charge in [0.05, 0.1) is 11.5 Å². The van der Waals surface area contributed by atoms with Gasteiger partial charge in [-0.15, -0.1) is 0 Å². The predicted octanol–water partition coefficient (Wildman–Crippen LogP) is -1.32. The first-order valence-electron chi connectivity index (χ1n) is 5.99. The third-order valence-electron chi connectivity index (χ3n) is 3.01. The van der Waals surface area contributed by atoms with Crippen LogP contribution < -0.4 is 10.5 Å². The highest BCUT2D eigenvalue weighted by molar-refractivity contribution is 7.90. The summed E-state index contributed by atoms with van der Waals surface area (Å²) in [5.74, 6) is -0.273. The van der Waals surface area contributed by atoms with E-state index in [2.05, 4.69) is 4.72 Å². The van der Waals surface area contributed by atoms with Gasteiger partial charge in [0.25, 0.3) is 0 Å². The van der Waals surface area contributed by atoms with Crippen LogP contribution in [0, 0.1) is 0 Å². The Morgan fingerprint density at radius 3 is 2.56 bits per heavy atom. The van der Waals surface area contributed by atoms with Crippen LogP contribution in [0.1, 0.15) is 19.8 Å². The molecule has 3 N–H and O–H groups in total. The normalized spacial score (nSPS) is 22.4. The quantitative estimate of drug-likeness (QED) is 0.606. The van der Waals surface area contributed by atoms with Crippen LogP contribution >= 0.6 is 0 Å². The Kier molecular flexibility index (Phi) is 5.53. The van der Waals surface area contributed by atoms with Gasteiger partial charge in [0, 0.05) is 25.7 Å². The molecule has 1 heterocycles. The number of nitrogens with one attached hydrogen (secondary N) is 1. The molecule has 9 heteroatoms. The molecule has 1 fully saturated rings. The lowest BCUT2D eigenvalue weighted by Crippen LogP contribution is -2.43. The zero-order valence-electron chi connectivity index (χ0n) is 10.5. The summed E-state index contributed by atoms with van der Waals surface area (Å²) >= 11 is 0. The number of nitrogens with two attached hydrogens (primary N) is 1. The van der Waals surface area contributed by atoms with Gasteiger partial charge in [0.1, 0.15) is 0 Å². The van der Waals surface area contributed by atoms with E-state index >= 15 is 0 Å². The average molecular weight is 299 g/mol. The van der Waals surface area contributed by atoms with E-state index in [1.165, 1.54) is 11.2 Å². The average Bonchev–Trinajstić information content (AvgIpc) is 2.77. The van der Waals surface area contributed by atoms with Crippen molar-refractivity contribution in [1.82, 2.24) is 9.03 Å². The molecule has 108 valence electrons. The van der Waals surface area contributed by atoms with Crippen molar-refractivity contribution in [1.29, 1.82) is 0 Å². The molecular weight excluding hydrogens is 278 g/mol. The summed E-state index contributed by atoms with van der Waals surface area (Å²) in [5.41, 5.74) is 5.52. The lowest BCUT2D eigenvalue weighted by molar-refractivity contribution is 0.393. The second-order valence-electron chi connectivity index (χ2n) is 4.26. The summed E-state index contributed by atoms with van der Waals surface area (Å²) in [6, 6.07) is -0.141. The molecular formula is C9H21N3O4S2. The van der Waals surface area contributed by atoms with E-state index in [-0.39, 0.29) is 24.1 Å². The lowest BCUT2D eigenvalue weighted by Gasteiger charge is -2.22. The summed E-state index contributed by atoms with van der Waals surface area (Å²) in [6.07, 6.45) is 1.58. The van der Waals surface area contributed by atoms with Crippen molar-refractivity contribution in [3.05, 3.63) is 0 Å². The summed E-state index contributed by atoms with van der Waals surface area (Å²) in [7, 11) is -6.77. The largest absolute Gasteiger partial charge is 0.329 e. The van der Waals surface area contributed by atoms with Gasteiger partial charge in [-0.2, -0.15) is 4.31 Å². The molecule has 0 saturated carbocycles. The maximum absolute atomic E-state index is 12.0. The molecule has 0 aromatic heterocycles. The van der Waals surface area contributed by atoms with E-state index < -0.39 is 20.0 Å². The molecule has 0 radical (unpaired) electrons. The molecule has 1 atom stereocenters. The van der Waals surface area contributed by atoms with Gasteiger partial charge in [-0.1, -0.05) is 0 Å². The molecule has 0 spiro atoms. The molecule has 18 heavy (non-hydrogen) atoms. The number of rotatable bonds is 7. The zero-order chi connectivity index (χ0) is 13.8. The summed E-state index contributed by atoms with van der Waals surface area (Å²) in [6.45, 7) is 2.19. The van der Waals surface area contributed by atoms with Crippen LogP contribution in [0.5, 0.6) is 0 Å². The van der Waals surface area contributed by atoms with Crippen molar-refractivity contribution in [3.63, 3.8) is 0 Å². The summed E-state index contributed by atoms with van der Waals surface area (Å²) in [4.78, 5) is 0. The highest BCUT2D eigenvalue weighted by Crippen LogP contribution is 2.20. The van der Waals surface area contributed by atoms with E-state index in [9.17, 15) is 16.8 Å². The van der Waals surface area contributed by atoms with Crippen molar-refractivity contribution in [3.8, 4) is 0 Å². The van der Waals surface area contributed by atoms with E-state index in [4.69, 9.17) is 5.73 Å². The van der Waals surface area contributed by atoms with E-state index in [1.807, 2.05) is 0 Å². The molecule has 1 saturated heterocycles. The molecule has 0 bridgehead atoms. The predicted molar refractivity (Wildman–Crippen MR) is 70.0 cm³/mol. The fourth-order valence-electron chi connectivity index (χ4n) is 1.96. The van der Waals surface area contributed by atoms with Gasteiger partial charge in [-0.05, 0) is 19.8 Å². The van der Waals surface area contributed by atoms with Crippen molar-refractivity contribution < 1.29 is 16.8 Å². The van der Waals surface area contributed by atoms with Crippen molar-refractivity contribution in [2.75, 3.05) is 31.1 Å². The summed E-state index contributed by atoms with van der Waals surface area (Å²) in [5, 5.41) is 0. The second-order valence-corrected chi connectivity index (χ2v) is 8.39. The van der Waals surface area contributed by atoms with Gasteiger partial charge in [-0.25, -0.2) is 21.6 Å². The van der Waals surface area contributed by atoms with Crippen LogP contribution in [-0.4, -0.2) is 58.3 Å². The maximum atomic E-state index is 12.0. The van der Waals surface area contributed by atoms with E-state index in [0.29, 0.717) is 13.1 Å². The number of hydrogen-bond donors (Lipinski definition) is 2. The van der Waals surface area contributed by atoms with Crippen LogP contribution in [0.25, 0.3) is 0 Å². The van der Waals surface area contributed by atoms with Gasteiger partial charge in [0.15, 0.2) is 0 Å². The van der Waals surface area contributed by atoms with Crippen LogP contribution in [0.15, 0.2) is 0 Å². The first-order chi connectivity index (χ1) is 8.32.